The molecule has 1 aliphatic carbocycles. The summed E-state index contributed by atoms with van der Waals surface area (Å²) in [4.78, 5) is 2.47. The molecule has 2 rings (SSSR count). The fourth-order valence-electron chi connectivity index (χ4n) is 2.60. The van der Waals surface area contributed by atoms with Crippen LogP contribution in [0.1, 0.15) is 37.8 Å². The first-order chi connectivity index (χ1) is 9.85. The number of benzene rings is 1. The Morgan fingerprint density at radius 3 is 2.70 bits per heavy atom. The summed E-state index contributed by atoms with van der Waals surface area (Å²) in [5.41, 5.74) is 1.37. The van der Waals surface area contributed by atoms with Crippen molar-refractivity contribution in [1.29, 1.82) is 0 Å². The lowest BCUT2D eigenvalue weighted by atomic mass is 10.0. The Morgan fingerprint density at radius 2 is 2.10 bits per heavy atom. The number of nitrogens with one attached hydrogen (secondary N) is 1. The van der Waals surface area contributed by atoms with Crippen LogP contribution in [0, 0.1) is 18.3 Å². The molecule has 0 spiro atoms. The van der Waals surface area contributed by atoms with E-state index >= 15 is 0 Å². The number of hydrogen-bond donors (Lipinski definition) is 1. The average molecular weight is 270 g/mol. The molecule has 1 atom stereocenters. The van der Waals surface area contributed by atoms with Gasteiger partial charge in [-0.2, -0.15) is 0 Å². The van der Waals surface area contributed by atoms with E-state index in [1.54, 1.807) is 0 Å². The van der Waals surface area contributed by atoms with Gasteiger partial charge in [0.05, 0.1) is 6.54 Å². The monoisotopic (exact) mass is 270 g/mol. The quantitative estimate of drug-likeness (QED) is 0.548. The molecule has 1 aromatic carbocycles. The molecule has 1 aromatic rings. The van der Waals surface area contributed by atoms with Crippen molar-refractivity contribution in [3.63, 3.8) is 0 Å². The van der Waals surface area contributed by atoms with E-state index in [1.807, 2.05) is 0 Å². The molecule has 2 nitrogen and oxygen atoms in total. The highest BCUT2D eigenvalue weighted by Gasteiger charge is 2.28. The van der Waals surface area contributed by atoms with Crippen molar-refractivity contribution in [3.05, 3.63) is 35.9 Å². The second-order valence-electron chi connectivity index (χ2n) is 5.71. The maximum absolute atomic E-state index is 5.58. The summed E-state index contributed by atoms with van der Waals surface area (Å²) in [7, 11) is 0. The third-order valence-corrected chi connectivity index (χ3v) is 3.87. The van der Waals surface area contributed by atoms with Crippen LogP contribution in [0.4, 0.5) is 0 Å². The van der Waals surface area contributed by atoms with E-state index in [9.17, 15) is 0 Å². The zero-order valence-corrected chi connectivity index (χ0v) is 12.5. The molecule has 0 bridgehead atoms. The van der Waals surface area contributed by atoms with Gasteiger partial charge < -0.3 is 5.32 Å². The van der Waals surface area contributed by atoms with Gasteiger partial charge in [0, 0.05) is 19.1 Å². The lowest BCUT2D eigenvalue weighted by Gasteiger charge is -2.31. The molecule has 20 heavy (non-hydrogen) atoms. The van der Waals surface area contributed by atoms with Gasteiger partial charge in [-0.25, -0.2) is 0 Å². The molecular formula is C18H26N2. The van der Waals surface area contributed by atoms with Crippen LogP contribution in [0.25, 0.3) is 0 Å². The first kappa shape index (κ1) is 15.1. The third kappa shape index (κ3) is 4.67. The minimum absolute atomic E-state index is 0.388. The van der Waals surface area contributed by atoms with Crippen LogP contribution in [0.2, 0.25) is 0 Å². The normalized spacial score (nSPS) is 16.1. The molecule has 0 amide bonds. The molecule has 0 heterocycles. The van der Waals surface area contributed by atoms with Crippen LogP contribution in [0.3, 0.4) is 0 Å². The minimum Gasteiger partial charge on any atom is -0.315 e. The molecule has 2 heteroatoms. The second-order valence-corrected chi connectivity index (χ2v) is 5.71. The molecule has 1 saturated carbocycles. The van der Waals surface area contributed by atoms with Gasteiger partial charge in [-0.05, 0) is 37.3 Å². The molecule has 1 N–H and O–H groups in total. The summed E-state index contributed by atoms with van der Waals surface area (Å²) in [6.45, 7) is 6.12. The van der Waals surface area contributed by atoms with Crippen LogP contribution in [-0.4, -0.2) is 31.1 Å². The Balaban J connectivity index is 2.07. The van der Waals surface area contributed by atoms with Crippen molar-refractivity contribution >= 4 is 0 Å². The van der Waals surface area contributed by atoms with E-state index in [4.69, 9.17) is 6.42 Å². The van der Waals surface area contributed by atoms with E-state index in [0.717, 1.165) is 32.1 Å². The molecule has 0 aliphatic heterocycles. The smallest absolute Gasteiger partial charge is 0.0604 e. The predicted molar refractivity (Wildman–Crippen MR) is 85.5 cm³/mol. The van der Waals surface area contributed by atoms with Crippen molar-refractivity contribution < 1.29 is 0 Å². The molecule has 0 radical (unpaired) electrons. The minimum atomic E-state index is 0.388. The van der Waals surface area contributed by atoms with Gasteiger partial charge in [-0.3, -0.25) is 4.90 Å². The molecule has 108 valence electrons. The first-order valence-corrected chi connectivity index (χ1v) is 7.78. The molecular weight excluding hydrogens is 244 g/mol. The van der Waals surface area contributed by atoms with Gasteiger partial charge in [0.2, 0.25) is 0 Å². The molecule has 0 saturated heterocycles. The highest BCUT2D eigenvalue weighted by Crippen LogP contribution is 2.32. The van der Waals surface area contributed by atoms with Gasteiger partial charge in [0.15, 0.2) is 0 Å². The number of terminal acetylenes is 1. The summed E-state index contributed by atoms with van der Waals surface area (Å²) >= 11 is 0. The lowest BCUT2D eigenvalue weighted by Crippen LogP contribution is -2.37. The maximum Gasteiger partial charge on any atom is 0.0604 e. The summed E-state index contributed by atoms with van der Waals surface area (Å²) < 4.78 is 0. The standard InChI is InChI=1S/C18H26N2/c1-3-12-19-14-18(17-8-6-5-7-9-17)20(13-4-2)15-16-10-11-16/h2,5-9,16,18-19H,3,10-15H2,1H3. The highest BCUT2D eigenvalue weighted by atomic mass is 15.2. The van der Waals surface area contributed by atoms with Gasteiger partial charge in [-0.15, -0.1) is 6.42 Å². The topological polar surface area (TPSA) is 15.3 Å². The van der Waals surface area contributed by atoms with Crippen molar-refractivity contribution in [1.82, 2.24) is 10.2 Å². The SMILES string of the molecule is C#CCN(CC1CC1)C(CNCCC)c1ccccc1. The second kappa shape index (κ2) is 8.09. The number of nitrogens with zero attached hydrogens (tertiary/aromatic N) is 1. The van der Waals surface area contributed by atoms with Gasteiger partial charge >= 0.3 is 0 Å². The summed E-state index contributed by atoms with van der Waals surface area (Å²) in [6, 6.07) is 11.1. The summed E-state index contributed by atoms with van der Waals surface area (Å²) in [5.74, 6) is 3.70. The predicted octanol–water partition coefficient (Wildman–Crippen LogP) is 3.07. The Bertz CT molecular complexity index is 417. The Hall–Kier alpha value is -1.30. The van der Waals surface area contributed by atoms with Crippen LogP contribution < -0.4 is 5.32 Å². The number of rotatable bonds is 9. The van der Waals surface area contributed by atoms with E-state index < -0.39 is 0 Å². The van der Waals surface area contributed by atoms with Crippen LogP contribution in [0.15, 0.2) is 30.3 Å². The molecule has 1 unspecified atom stereocenters. The summed E-state index contributed by atoms with van der Waals surface area (Å²) in [5, 5.41) is 3.56. The average Bonchev–Trinajstić information content (AvgIpc) is 3.28. The number of hydrogen-bond acceptors (Lipinski definition) is 2. The highest BCUT2D eigenvalue weighted by molar-refractivity contribution is 5.20. The molecule has 0 aromatic heterocycles. The zero-order valence-electron chi connectivity index (χ0n) is 12.5. The van der Waals surface area contributed by atoms with E-state index in [1.165, 1.54) is 24.8 Å². The van der Waals surface area contributed by atoms with Crippen LogP contribution >= 0.6 is 0 Å². The van der Waals surface area contributed by atoms with Crippen molar-refractivity contribution in [2.24, 2.45) is 5.92 Å². The fraction of sp³-hybridized carbons (Fsp3) is 0.556. The van der Waals surface area contributed by atoms with E-state index in [-0.39, 0.29) is 0 Å². The van der Waals surface area contributed by atoms with Crippen molar-refractivity contribution in [2.75, 3.05) is 26.2 Å². The largest absolute Gasteiger partial charge is 0.315 e. The maximum atomic E-state index is 5.58. The lowest BCUT2D eigenvalue weighted by molar-refractivity contribution is 0.208. The van der Waals surface area contributed by atoms with Crippen molar-refractivity contribution in [2.45, 2.75) is 32.2 Å². The van der Waals surface area contributed by atoms with E-state index in [2.05, 4.69) is 53.4 Å². The Labute approximate surface area is 123 Å². The van der Waals surface area contributed by atoms with Gasteiger partial charge in [-0.1, -0.05) is 43.2 Å². The Kier molecular flexibility index (Phi) is 6.11. The fourth-order valence-corrected chi connectivity index (χ4v) is 2.60. The first-order valence-electron chi connectivity index (χ1n) is 7.78. The van der Waals surface area contributed by atoms with Crippen molar-refractivity contribution in [3.8, 4) is 12.3 Å². The van der Waals surface area contributed by atoms with Gasteiger partial charge in [0.25, 0.3) is 0 Å². The summed E-state index contributed by atoms with van der Waals surface area (Å²) in [6.07, 6.45) is 9.48. The molecule has 1 fully saturated rings. The zero-order chi connectivity index (χ0) is 14.2. The van der Waals surface area contributed by atoms with Crippen LogP contribution in [0.5, 0.6) is 0 Å². The van der Waals surface area contributed by atoms with E-state index in [0.29, 0.717) is 6.04 Å². The third-order valence-electron chi connectivity index (χ3n) is 3.87. The Morgan fingerprint density at radius 1 is 1.35 bits per heavy atom. The van der Waals surface area contributed by atoms with Crippen LogP contribution in [-0.2, 0) is 0 Å². The van der Waals surface area contributed by atoms with Gasteiger partial charge in [0.1, 0.15) is 0 Å². The molecule has 1 aliphatic rings.